The highest BCUT2D eigenvalue weighted by molar-refractivity contribution is 6.30. The van der Waals surface area contributed by atoms with Gasteiger partial charge in [0.15, 0.2) is 0 Å². The van der Waals surface area contributed by atoms with Crippen LogP contribution in [0.4, 0.5) is 5.69 Å². The Bertz CT molecular complexity index is 1050. The number of anilines is 1. The predicted octanol–water partition coefficient (Wildman–Crippen LogP) is 3.05. The van der Waals surface area contributed by atoms with E-state index in [9.17, 15) is 19.5 Å². The lowest BCUT2D eigenvalue weighted by atomic mass is 9.68. The lowest BCUT2D eigenvalue weighted by Gasteiger charge is -2.45. The second-order valence-corrected chi connectivity index (χ2v) is 9.02. The molecule has 0 spiro atoms. The number of carboxylic acid groups (broad SMARTS) is 1. The number of nitrogens with two attached hydrogens (primary N) is 1. The fourth-order valence-electron chi connectivity index (χ4n) is 4.90. The third-order valence-electron chi connectivity index (χ3n) is 6.81. The molecule has 32 heavy (non-hydrogen) atoms. The summed E-state index contributed by atoms with van der Waals surface area (Å²) in [7, 11) is 0. The lowest BCUT2D eigenvalue weighted by Crippen LogP contribution is -2.58. The Hall–Kier alpha value is -2.90. The minimum absolute atomic E-state index is 0.00636. The Morgan fingerprint density at radius 3 is 2.44 bits per heavy atom. The van der Waals surface area contributed by atoms with Gasteiger partial charge in [-0.25, -0.2) is 4.79 Å². The topological polar surface area (TPSA) is 104 Å². The highest BCUT2D eigenvalue weighted by atomic mass is 35.5. The largest absolute Gasteiger partial charge is 0.478 e. The highest BCUT2D eigenvalue weighted by Crippen LogP contribution is 2.41. The molecular weight excluding hydrogens is 430 g/mol. The van der Waals surface area contributed by atoms with Crippen molar-refractivity contribution in [3.63, 3.8) is 0 Å². The van der Waals surface area contributed by atoms with Gasteiger partial charge in [-0.1, -0.05) is 29.8 Å². The van der Waals surface area contributed by atoms with Crippen LogP contribution in [-0.2, 0) is 15.0 Å². The van der Waals surface area contributed by atoms with E-state index in [-0.39, 0.29) is 41.9 Å². The summed E-state index contributed by atoms with van der Waals surface area (Å²) in [6, 6.07) is 13.9. The molecule has 1 heterocycles. The van der Waals surface area contributed by atoms with Crippen LogP contribution in [0.1, 0.15) is 41.6 Å². The fourth-order valence-corrected chi connectivity index (χ4v) is 5.09. The maximum absolute atomic E-state index is 13.0. The summed E-state index contributed by atoms with van der Waals surface area (Å²) >= 11 is 6.19. The first-order valence-corrected chi connectivity index (χ1v) is 11.1. The number of hydrogen-bond donors (Lipinski definition) is 2. The van der Waals surface area contributed by atoms with Gasteiger partial charge >= 0.3 is 5.97 Å². The molecule has 1 saturated heterocycles. The number of carbonyl (C=O) groups excluding carboxylic acids is 2. The molecule has 0 bridgehead atoms. The molecule has 2 amide bonds. The number of benzene rings is 2. The van der Waals surface area contributed by atoms with Gasteiger partial charge in [-0.05, 0) is 61.6 Å². The zero-order valence-corrected chi connectivity index (χ0v) is 18.4. The molecule has 0 radical (unpaired) electrons. The van der Waals surface area contributed by atoms with Gasteiger partial charge in [-0.3, -0.25) is 9.59 Å². The molecular formula is C24H26ClN3O4. The van der Waals surface area contributed by atoms with Crippen LogP contribution in [-0.4, -0.2) is 53.5 Å². The number of nitrogens with zero attached hydrogens (tertiary/aromatic N) is 2. The lowest BCUT2D eigenvalue weighted by molar-refractivity contribution is -0.141. The monoisotopic (exact) mass is 455 g/mol. The summed E-state index contributed by atoms with van der Waals surface area (Å²) in [6.07, 6.45) is 3.15. The third kappa shape index (κ3) is 4.23. The van der Waals surface area contributed by atoms with Crippen molar-refractivity contribution in [3.8, 4) is 0 Å². The molecule has 7 nitrogen and oxygen atoms in total. The van der Waals surface area contributed by atoms with Crippen molar-refractivity contribution < 1.29 is 19.5 Å². The number of carbonyl (C=O) groups is 3. The van der Waals surface area contributed by atoms with Crippen LogP contribution < -0.4 is 10.6 Å². The van der Waals surface area contributed by atoms with Crippen LogP contribution in [0, 0.1) is 0 Å². The van der Waals surface area contributed by atoms with E-state index in [4.69, 9.17) is 17.3 Å². The molecule has 2 fully saturated rings. The van der Waals surface area contributed by atoms with Gasteiger partial charge in [0.1, 0.15) is 13.1 Å². The number of amides is 2. The van der Waals surface area contributed by atoms with Gasteiger partial charge in [-0.15, -0.1) is 0 Å². The van der Waals surface area contributed by atoms with Gasteiger partial charge in [0.05, 0.1) is 5.56 Å². The van der Waals surface area contributed by atoms with Crippen LogP contribution in [0.25, 0.3) is 0 Å². The minimum Gasteiger partial charge on any atom is -0.478 e. The summed E-state index contributed by atoms with van der Waals surface area (Å²) in [6.45, 7) is 0.406. The first-order chi connectivity index (χ1) is 15.3. The van der Waals surface area contributed by atoms with Crippen molar-refractivity contribution in [2.75, 3.05) is 24.5 Å². The van der Waals surface area contributed by atoms with Gasteiger partial charge < -0.3 is 20.6 Å². The average molecular weight is 456 g/mol. The molecule has 168 valence electrons. The normalized spacial score (nSPS) is 24.0. The van der Waals surface area contributed by atoms with E-state index in [1.807, 2.05) is 18.2 Å². The summed E-state index contributed by atoms with van der Waals surface area (Å²) in [5.74, 6) is -1.41. The van der Waals surface area contributed by atoms with Crippen LogP contribution in [0.3, 0.4) is 0 Å². The molecule has 1 saturated carbocycles. The molecule has 2 aromatic rings. The van der Waals surface area contributed by atoms with E-state index in [2.05, 4.69) is 6.07 Å². The van der Waals surface area contributed by atoms with Crippen molar-refractivity contribution in [1.82, 2.24) is 4.90 Å². The predicted molar refractivity (Wildman–Crippen MR) is 122 cm³/mol. The summed E-state index contributed by atoms with van der Waals surface area (Å²) < 4.78 is 0. The first-order valence-electron chi connectivity index (χ1n) is 10.7. The van der Waals surface area contributed by atoms with E-state index in [0.717, 1.165) is 31.2 Å². The molecule has 1 aliphatic carbocycles. The van der Waals surface area contributed by atoms with E-state index in [1.165, 1.54) is 17.0 Å². The second-order valence-electron chi connectivity index (χ2n) is 8.58. The number of aromatic carboxylic acids is 1. The van der Waals surface area contributed by atoms with Crippen molar-refractivity contribution in [2.45, 2.75) is 37.1 Å². The van der Waals surface area contributed by atoms with Gasteiger partial charge in [-0.2, -0.15) is 0 Å². The average Bonchev–Trinajstić information content (AvgIpc) is 2.80. The molecule has 0 aromatic heterocycles. The van der Waals surface area contributed by atoms with Crippen molar-refractivity contribution >= 4 is 35.1 Å². The molecule has 8 heteroatoms. The van der Waals surface area contributed by atoms with Crippen LogP contribution in [0.15, 0.2) is 48.5 Å². The van der Waals surface area contributed by atoms with Gasteiger partial charge in [0.25, 0.3) is 0 Å². The van der Waals surface area contributed by atoms with Gasteiger partial charge in [0.2, 0.25) is 11.8 Å². The molecule has 2 aliphatic rings. The van der Waals surface area contributed by atoms with E-state index < -0.39 is 5.97 Å². The molecule has 0 atom stereocenters. The van der Waals surface area contributed by atoms with E-state index in [1.54, 1.807) is 17.0 Å². The van der Waals surface area contributed by atoms with Crippen LogP contribution in [0.2, 0.25) is 5.02 Å². The Balaban J connectivity index is 1.45. The van der Waals surface area contributed by atoms with E-state index in [0.29, 0.717) is 17.3 Å². The number of carboxylic acids is 1. The van der Waals surface area contributed by atoms with Crippen molar-refractivity contribution in [1.29, 1.82) is 0 Å². The fraction of sp³-hybridized carbons (Fsp3) is 0.375. The zero-order chi connectivity index (χ0) is 22.9. The summed E-state index contributed by atoms with van der Waals surface area (Å²) in [5, 5.41) is 9.88. The quantitative estimate of drug-likeness (QED) is 0.721. The molecule has 1 aliphatic heterocycles. The van der Waals surface area contributed by atoms with E-state index >= 15 is 0 Å². The summed E-state index contributed by atoms with van der Waals surface area (Å²) in [4.78, 5) is 40.1. The Kier molecular flexibility index (Phi) is 6.22. The maximum Gasteiger partial charge on any atom is 0.335 e. The minimum atomic E-state index is -1.07. The maximum atomic E-state index is 13.0. The molecule has 3 N–H and O–H groups in total. The number of piperazine rings is 1. The molecule has 2 aromatic carbocycles. The smallest absolute Gasteiger partial charge is 0.335 e. The molecule has 0 unspecified atom stereocenters. The SMILES string of the molecule is NCC1(c2cccc(Cl)c2)CCC(N2CC(=O)N(c3cccc(C(=O)O)c3)CC2=O)CC1. The second kappa shape index (κ2) is 8.92. The summed E-state index contributed by atoms with van der Waals surface area (Å²) in [5.41, 5.74) is 7.64. The third-order valence-corrected chi connectivity index (χ3v) is 7.04. The van der Waals surface area contributed by atoms with Crippen LogP contribution >= 0.6 is 11.6 Å². The van der Waals surface area contributed by atoms with Gasteiger partial charge in [0, 0.05) is 28.7 Å². The Morgan fingerprint density at radius 1 is 1.06 bits per heavy atom. The van der Waals surface area contributed by atoms with Crippen molar-refractivity contribution in [3.05, 3.63) is 64.7 Å². The van der Waals surface area contributed by atoms with Crippen LogP contribution in [0.5, 0.6) is 0 Å². The number of hydrogen-bond acceptors (Lipinski definition) is 4. The van der Waals surface area contributed by atoms with Crippen molar-refractivity contribution in [2.24, 2.45) is 5.73 Å². The first kappa shape index (κ1) is 22.3. The number of rotatable bonds is 5. The number of halogens is 1. The Morgan fingerprint density at radius 2 is 1.78 bits per heavy atom. The zero-order valence-electron chi connectivity index (χ0n) is 17.7. The highest BCUT2D eigenvalue weighted by Gasteiger charge is 2.41. The standard InChI is InChI=1S/C24H26ClN3O4/c25-18-5-2-4-17(12-18)24(15-26)9-7-19(8-10-24)27-13-22(30)28(14-21(27)29)20-6-1-3-16(11-20)23(31)32/h1-6,11-12,19H,7-10,13-15,26H2,(H,31,32). The molecule has 4 rings (SSSR count). The Labute approximate surface area is 191 Å².